The minimum absolute atomic E-state index is 0.278. The van der Waals surface area contributed by atoms with Gasteiger partial charge in [-0.25, -0.2) is 0 Å². The fourth-order valence-electron chi connectivity index (χ4n) is 2.95. The molecule has 0 fully saturated rings. The number of carboxylic acids is 1. The molecule has 98 valence electrons. The molecule has 2 unspecified atom stereocenters. The van der Waals surface area contributed by atoms with E-state index in [0.29, 0.717) is 5.92 Å². The summed E-state index contributed by atoms with van der Waals surface area (Å²) in [6, 6.07) is 6.35. The lowest BCUT2D eigenvalue weighted by Gasteiger charge is -2.17. The Balaban J connectivity index is 2.29. The lowest BCUT2D eigenvalue weighted by molar-refractivity contribution is -0.141. The number of rotatable bonds is 4. The number of likely N-dealkylation sites (N-methyl/N-ethyl adjacent to an activating group) is 1. The Morgan fingerprint density at radius 2 is 2.28 bits per heavy atom. The molecule has 1 aromatic carbocycles. The van der Waals surface area contributed by atoms with Gasteiger partial charge in [0.1, 0.15) is 0 Å². The molecule has 0 aromatic heterocycles. The third-order valence-corrected chi connectivity index (χ3v) is 3.93. The van der Waals surface area contributed by atoms with Gasteiger partial charge < -0.3 is 10.0 Å². The number of fused-ring (bicyclic) bond motifs is 1. The van der Waals surface area contributed by atoms with Gasteiger partial charge in [-0.2, -0.15) is 0 Å². The molecule has 1 aliphatic heterocycles. The first-order valence-corrected chi connectivity index (χ1v) is 6.61. The molecule has 0 saturated carbocycles. The van der Waals surface area contributed by atoms with E-state index in [1.165, 1.54) is 16.8 Å². The van der Waals surface area contributed by atoms with Gasteiger partial charge >= 0.3 is 5.97 Å². The molecular formula is C15H21NO2. The van der Waals surface area contributed by atoms with Crippen molar-refractivity contribution in [2.24, 2.45) is 5.92 Å². The van der Waals surface area contributed by atoms with E-state index in [-0.39, 0.29) is 5.92 Å². The number of hydrogen-bond acceptors (Lipinski definition) is 2. The van der Waals surface area contributed by atoms with Crippen LogP contribution in [0.25, 0.3) is 0 Å². The summed E-state index contributed by atoms with van der Waals surface area (Å²) < 4.78 is 0. The van der Waals surface area contributed by atoms with Crippen molar-refractivity contribution in [2.45, 2.75) is 33.1 Å². The Hall–Kier alpha value is -1.51. The smallest absolute Gasteiger partial charge is 0.306 e. The molecule has 0 bridgehead atoms. The Morgan fingerprint density at radius 3 is 2.89 bits per heavy atom. The van der Waals surface area contributed by atoms with Crippen molar-refractivity contribution in [3.8, 4) is 0 Å². The molecule has 3 nitrogen and oxygen atoms in total. The van der Waals surface area contributed by atoms with Crippen LogP contribution in [0, 0.1) is 12.8 Å². The van der Waals surface area contributed by atoms with E-state index in [1.54, 1.807) is 6.92 Å². The first kappa shape index (κ1) is 12.9. The van der Waals surface area contributed by atoms with Crippen molar-refractivity contribution in [3.05, 3.63) is 29.3 Å². The number of nitrogens with zero attached hydrogens (tertiary/aromatic N) is 1. The highest BCUT2D eigenvalue weighted by Gasteiger charge is 2.31. The van der Waals surface area contributed by atoms with Crippen LogP contribution in [0.15, 0.2) is 18.2 Å². The zero-order valence-corrected chi connectivity index (χ0v) is 11.3. The molecule has 1 heterocycles. The minimum Gasteiger partial charge on any atom is -0.481 e. The van der Waals surface area contributed by atoms with Gasteiger partial charge in [-0.3, -0.25) is 4.79 Å². The van der Waals surface area contributed by atoms with Gasteiger partial charge in [-0.1, -0.05) is 19.1 Å². The van der Waals surface area contributed by atoms with Crippen molar-refractivity contribution in [2.75, 3.05) is 18.0 Å². The van der Waals surface area contributed by atoms with Crippen LogP contribution in [0.4, 0.5) is 5.69 Å². The maximum Gasteiger partial charge on any atom is 0.306 e. The summed E-state index contributed by atoms with van der Waals surface area (Å²) in [7, 11) is 0. The molecule has 2 atom stereocenters. The summed E-state index contributed by atoms with van der Waals surface area (Å²) in [6.45, 7) is 8.00. The Kier molecular flexibility index (Phi) is 3.60. The quantitative estimate of drug-likeness (QED) is 0.889. The van der Waals surface area contributed by atoms with Crippen LogP contribution >= 0.6 is 0 Å². The van der Waals surface area contributed by atoms with Crippen LogP contribution in [-0.4, -0.2) is 24.2 Å². The summed E-state index contributed by atoms with van der Waals surface area (Å²) in [5, 5.41) is 9.07. The van der Waals surface area contributed by atoms with Crippen molar-refractivity contribution in [1.82, 2.24) is 0 Å². The predicted molar refractivity (Wildman–Crippen MR) is 73.2 cm³/mol. The average Bonchev–Trinajstić information content (AvgIpc) is 2.68. The summed E-state index contributed by atoms with van der Waals surface area (Å²) >= 11 is 0. The monoisotopic (exact) mass is 247 g/mol. The van der Waals surface area contributed by atoms with E-state index >= 15 is 0 Å². The van der Waals surface area contributed by atoms with Crippen LogP contribution in [0.5, 0.6) is 0 Å². The fourth-order valence-corrected chi connectivity index (χ4v) is 2.95. The lowest BCUT2D eigenvalue weighted by Crippen LogP contribution is -2.22. The lowest BCUT2D eigenvalue weighted by atomic mass is 9.89. The SMILES string of the molecule is CCN1CC(CC(C)C(=O)O)c2c(C)cccc21. The van der Waals surface area contributed by atoms with E-state index < -0.39 is 5.97 Å². The average molecular weight is 247 g/mol. The molecular weight excluding hydrogens is 226 g/mol. The van der Waals surface area contributed by atoms with Gasteiger partial charge in [0.05, 0.1) is 5.92 Å². The molecule has 2 rings (SSSR count). The zero-order valence-electron chi connectivity index (χ0n) is 11.3. The van der Waals surface area contributed by atoms with E-state index in [1.807, 2.05) is 0 Å². The molecule has 1 aromatic rings. The van der Waals surface area contributed by atoms with Crippen LogP contribution in [0.3, 0.4) is 0 Å². The largest absolute Gasteiger partial charge is 0.481 e. The second-order valence-corrected chi connectivity index (χ2v) is 5.22. The highest BCUT2D eigenvalue weighted by atomic mass is 16.4. The first-order chi connectivity index (χ1) is 8.54. The topological polar surface area (TPSA) is 40.5 Å². The van der Waals surface area contributed by atoms with Crippen LogP contribution in [0.1, 0.15) is 37.3 Å². The maximum absolute atomic E-state index is 11.0. The van der Waals surface area contributed by atoms with Gasteiger partial charge in [-0.05, 0) is 37.5 Å². The van der Waals surface area contributed by atoms with Crippen molar-refractivity contribution in [1.29, 1.82) is 0 Å². The summed E-state index contributed by atoms with van der Waals surface area (Å²) in [5.41, 5.74) is 3.93. The van der Waals surface area contributed by atoms with Gasteiger partial charge in [0, 0.05) is 24.7 Å². The van der Waals surface area contributed by atoms with E-state index in [0.717, 1.165) is 19.5 Å². The maximum atomic E-state index is 11.0. The van der Waals surface area contributed by atoms with Crippen molar-refractivity contribution >= 4 is 11.7 Å². The molecule has 1 aliphatic rings. The first-order valence-electron chi connectivity index (χ1n) is 6.61. The second kappa shape index (κ2) is 5.01. The van der Waals surface area contributed by atoms with Crippen molar-refractivity contribution in [3.63, 3.8) is 0 Å². The number of carbonyl (C=O) groups is 1. The van der Waals surface area contributed by atoms with Crippen LogP contribution in [0.2, 0.25) is 0 Å². The normalized spacial score (nSPS) is 19.7. The number of carboxylic acid groups (broad SMARTS) is 1. The number of aryl methyl sites for hydroxylation is 1. The highest BCUT2D eigenvalue weighted by molar-refractivity contribution is 5.70. The highest BCUT2D eigenvalue weighted by Crippen LogP contribution is 2.41. The Labute approximate surface area is 108 Å². The van der Waals surface area contributed by atoms with Crippen LogP contribution in [-0.2, 0) is 4.79 Å². The third-order valence-electron chi connectivity index (χ3n) is 3.93. The van der Waals surface area contributed by atoms with Gasteiger partial charge in [0.2, 0.25) is 0 Å². The van der Waals surface area contributed by atoms with E-state index in [4.69, 9.17) is 5.11 Å². The van der Waals surface area contributed by atoms with E-state index in [2.05, 4.69) is 36.9 Å². The number of hydrogen-bond donors (Lipinski definition) is 1. The van der Waals surface area contributed by atoms with Gasteiger partial charge in [0.25, 0.3) is 0 Å². The molecule has 0 spiro atoms. The predicted octanol–water partition coefficient (Wildman–Crippen LogP) is 3.03. The molecule has 1 N–H and O–H groups in total. The molecule has 3 heteroatoms. The van der Waals surface area contributed by atoms with Crippen LogP contribution < -0.4 is 4.90 Å². The molecule has 0 radical (unpaired) electrons. The summed E-state index contributed by atoms with van der Waals surface area (Å²) in [6.07, 6.45) is 0.726. The number of aliphatic carboxylic acids is 1. The number of benzene rings is 1. The van der Waals surface area contributed by atoms with E-state index in [9.17, 15) is 4.79 Å². The third kappa shape index (κ3) is 2.22. The van der Waals surface area contributed by atoms with Crippen molar-refractivity contribution < 1.29 is 9.90 Å². The molecule has 0 aliphatic carbocycles. The fraction of sp³-hybridized carbons (Fsp3) is 0.533. The van der Waals surface area contributed by atoms with Gasteiger partial charge in [0.15, 0.2) is 0 Å². The van der Waals surface area contributed by atoms with Gasteiger partial charge in [-0.15, -0.1) is 0 Å². The standard InChI is InChI=1S/C15H21NO2/c1-4-16-9-12(8-11(3)15(17)18)14-10(2)6-5-7-13(14)16/h5-7,11-12H,4,8-9H2,1-3H3,(H,17,18). The Bertz CT molecular complexity index is 456. The summed E-state index contributed by atoms with van der Waals surface area (Å²) in [5.74, 6) is -0.619. The zero-order chi connectivity index (χ0) is 13.3. The number of anilines is 1. The molecule has 18 heavy (non-hydrogen) atoms. The molecule has 0 amide bonds. The summed E-state index contributed by atoms with van der Waals surface area (Å²) in [4.78, 5) is 13.4. The second-order valence-electron chi connectivity index (χ2n) is 5.22. The Morgan fingerprint density at radius 1 is 1.56 bits per heavy atom. The molecule has 0 saturated heterocycles. The minimum atomic E-state index is -0.694.